The Morgan fingerprint density at radius 1 is 1.19 bits per heavy atom. The zero-order valence-corrected chi connectivity index (χ0v) is 12.9. The van der Waals surface area contributed by atoms with E-state index in [9.17, 15) is 9.18 Å². The molecule has 1 atom stereocenters. The average Bonchev–Trinajstić information content (AvgIpc) is 3.01. The van der Waals surface area contributed by atoms with Gasteiger partial charge in [0.05, 0.1) is 5.56 Å². The summed E-state index contributed by atoms with van der Waals surface area (Å²) in [5.41, 5.74) is 0.199. The minimum atomic E-state index is -0.419. The van der Waals surface area contributed by atoms with Gasteiger partial charge < -0.3 is 10.2 Å². The Labute approximate surface area is 131 Å². The van der Waals surface area contributed by atoms with Gasteiger partial charge in [-0.05, 0) is 50.3 Å². The van der Waals surface area contributed by atoms with Gasteiger partial charge in [-0.3, -0.25) is 4.79 Å². The molecule has 2 aliphatic heterocycles. The van der Waals surface area contributed by atoms with Crippen molar-refractivity contribution in [2.45, 2.75) is 31.7 Å². The largest absolute Gasteiger partial charge is 0.339 e. The molecule has 0 aliphatic carbocycles. The zero-order chi connectivity index (χ0) is 13.9. The number of carbonyl (C=O) groups excluding carboxylic acids is 1. The van der Waals surface area contributed by atoms with Crippen LogP contribution in [0, 0.1) is 11.7 Å². The molecular weight excluding hydrogens is 291 g/mol. The Morgan fingerprint density at radius 2 is 1.90 bits per heavy atom. The molecule has 0 radical (unpaired) electrons. The predicted molar refractivity (Wildman–Crippen MR) is 83.3 cm³/mol. The number of likely N-dealkylation sites (tertiary alicyclic amines) is 1. The minimum absolute atomic E-state index is 0. The fraction of sp³-hybridized carbons (Fsp3) is 0.562. The number of rotatable bonds is 2. The van der Waals surface area contributed by atoms with Crippen molar-refractivity contribution in [1.82, 2.24) is 10.2 Å². The van der Waals surface area contributed by atoms with Crippen molar-refractivity contribution in [3.63, 3.8) is 0 Å². The summed E-state index contributed by atoms with van der Waals surface area (Å²) in [6.07, 6.45) is 4.57. The fourth-order valence-corrected chi connectivity index (χ4v) is 3.42. The Hall–Kier alpha value is -1.13. The van der Waals surface area contributed by atoms with Crippen LogP contribution in [0.3, 0.4) is 0 Å². The van der Waals surface area contributed by atoms with Crippen LogP contribution in [0.25, 0.3) is 0 Å². The fourth-order valence-electron chi connectivity index (χ4n) is 3.42. The maximum atomic E-state index is 13.7. The second-order valence-electron chi connectivity index (χ2n) is 5.81. The van der Waals surface area contributed by atoms with Crippen molar-refractivity contribution in [3.05, 3.63) is 35.6 Å². The first kappa shape index (κ1) is 16.2. The highest BCUT2D eigenvalue weighted by atomic mass is 35.5. The van der Waals surface area contributed by atoms with Crippen molar-refractivity contribution in [2.75, 3.05) is 19.6 Å². The summed E-state index contributed by atoms with van der Waals surface area (Å²) in [6, 6.07) is 6.88. The topological polar surface area (TPSA) is 32.3 Å². The Morgan fingerprint density at radius 3 is 2.52 bits per heavy atom. The third kappa shape index (κ3) is 3.55. The summed E-state index contributed by atoms with van der Waals surface area (Å²) >= 11 is 0. The van der Waals surface area contributed by atoms with E-state index in [0.717, 1.165) is 32.5 Å². The molecule has 21 heavy (non-hydrogen) atoms. The zero-order valence-electron chi connectivity index (χ0n) is 12.1. The first-order chi connectivity index (χ1) is 9.75. The molecule has 0 aromatic heterocycles. The van der Waals surface area contributed by atoms with E-state index in [2.05, 4.69) is 5.32 Å². The average molecular weight is 313 g/mol. The molecule has 3 rings (SSSR count). The Kier molecular flexibility index (Phi) is 5.59. The third-order valence-corrected chi connectivity index (χ3v) is 4.60. The van der Waals surface area contributed by atoms with Gasteiger partial charge in [-0.2, -0.15) is 0 Å². The second-order valence-corrected chi connectivity index (χ2v) is 5.81. The van der Waals surface area contributed by atoms with Gasteiger partial charge in [-0.25, -0.2) is 4.39 Å². The van der Waals surface area contributed by atoms with E-state index in [0.29, 0.717) is 12.0 Å². The van der Waals surface area contributed by atoms with Gasteiger partial charge in [0.15, 0.2) is 0 Å². The van der Waals surface area contributed by atoms with Gasteiger partial charge in [0.1, 0.15) is 5.82 Å². The van der Waals surface area contributed by atoms with Crippen LogP contribution in [0.4, 0.5) is 4.39 Å². The molecule has 1 aromatic rings. The highest BCUT2D eigenvalue weighted by Gasteiger charge is 2.30. The first-order valence-corrected chi connectivity index (χ1v) is 7.53. The molecule has 2 heterocycles. The standard InChI is InChI=1S/C16H21FN2O.ClH/c17-14-5-2-1-4-13(14)16(20)19-10-7-12(8-11-19)15-6-3-9-18-15;/h1-2,4-5,12,15,18H,3,6-11H2;1H. The molecule has 0 saturated carbocycles. The number of piperidine rings is 1. The van der Waals surface area contributed by atoms with Crippen molar-refractivity contribution in [2.24, 2.45) is 5.92 Å². The lowest BCUT2D eigenvalue weighted by atomic mass is 9.88. The molecular formula is C16H22ClFN2O. The SMILES string of the molecule is Cl.O=C(c1ccccc1F)N1CCC(C2CCCN2)CC1. The molecule has 2 saturated heterocycles. The number of carbonyl (C=O) groups is 1. The Bertz CT molecular complexity index is 483. The van der Waals surface area contributed by atoms with Crippen LogP contribution < -0.4 is 5.32 Å². The number of nitrogens with zero attached hydrogens (tertiary/aromatic N) is 1. The predicted octanol–water partition coefficient (Wildman–Crippen LogP) is 2.85. The minimum Gasteiger partial charge on any atom is -0.339 e. The van der Waals surface area contributed by atoms with Gasteiger partial charge >= 0.3 is 0 Å². The van der Waals surface area contributed by atoms with E-state index in [-0.39, 0.29) is 23.9 Å². The number of hydrogen-bond donors (Lipinski definition) is 1. The summed E-state index contributed by atoms with van der Waals surface area (Å²) in [5, 5.41) is 3.55. The maximum Gasteiger partial charge on any atom is 0.256 e. The van der Waals surface area contributed by atoms with Crippen LogP contribution in [0.15, 0.2) is 24.3 Å². The number of halogens is 2. The molecule has 1 amide bonds. The summed E-state index contributed by atoms with van der Waals surface area (Å²) in [7, 11) is 0. The van der Waals surface area contributed by atoms with Crippen LogP contribution in [-0.4, -0.2) is 36.5 Å². The lowest BCUT2D eigenvalue weighted by Gasteiger charge is -2.35. The van der Waals surface area contributed by atoms with Crippen LogP contribution in [0.2, 0.25) is 0 Å². The summed E-state index contributed by atoms with van der Waals surface area (Å²) in [4.78, 5) is 14.1. The molecule has 0 bridgehead atoms. The van der Waals surface area contributed by atoms with Crippen molar-refractivity contribution < 1.29 is 9.18 Å². The second kappa shape index (κ2) is 7.23. The molecule has 5 heteroatoms. The first-order valence-electron chi connectivity index (χ1n) is 7.53. The van der Waals surface area contributed by atoms with E-state index in [4.69, 9.17) is 0 Å². The quantitative estimate of drug-likeness (QED) is 0.911. The monoisotopic (exact) mass is 312 g/mol. The lowest BCUT2D eigenvalue weighted by Crippen LogP contribution is -2.43. The van der Waals surface area contributed by atoms with Crippen LogP contribution in [-0.2, 0) is 0 Å². The van der Waals surface area contributed by atoms with Gasteiger partial charge in [-0.1, -0.05) is 12.1 Å². The van der Waals surface area contributed by atoms with Gasteiger partial charge in [0.25, 0.3) is 5.91 Å². The highest BCUT2D eigenvalue weighted by Crippen LogP contribution is 2.26. The number of hydrogen-bond acceptors (Lipinski definition) is 2. The molecule has 0 spiro atoms. The van der Waals surface area contributed by atoms with Crippen LogP contribution in [0.5, 0.6) is 0 Å². The summed E-state index contributed by atoms with van der Waals surface area (Å²) in [6.45, 7) is 2.62. The molecule has 1 unspecified atom stereocenters. The lowest BCUT2D eigenvalue weighted by molar-refractivity contribution is 0.0670. The van der Waals surface area contributed by atoms with Gasteiger partial charge in [0, 0.05) is 19.1 Å². The molecule has 2 aliphatic rings. The number of benzene rings is 1. The number of nitrogens with one attached hydrogen (secondary N) is 1. The van der Waals surface area contributed by atoms with E-state index in [1.165, 1.54) is 18.9 Å². The highest BCUT2D eigenvalue weighted by molar-refractivity contribution is 5.94. The molecule has 2 fully saturated rings. The van der Waals surface area contributed by atoms with Gasteiger partial charge in [0.2, 0.25) is 0 Å². The summed E-state index contributed by atoms with van der Waals surface area (Å²) in [5.74, 6) is 0.0835. The van der Waals surface area contributed by atoms with Crippen LogP contribution >= 0.6 is 12.4 Å². The van der Waals surface area contributed by atoms with Gasteiger partial charge in [-0.15, -0.1) is 12.4 Å². The normalized spacial score (nSPS) is 22.9. The smallest absolute Gasteiger partial charge is 0.256 e. The van der Waals surface area contributed by atoms with E-state index < -0.39 is 5.82 Å². The van der Waals surface area contributed by atoms with Crippen LogP contribution in [0.1, 0.15) is 36.0 Å². The number of amides is 1. The molecule has 1 aromatic carbocycles. The maximum absolute atomic E-state index is 13.7. The van der Waals surface area contributed by atoms with E-state index in [1.54, 1.807) is 23.1 Å². The third-order valence-electron chi connectivity index (χ3n) is 4.60. The molecule has 116 valence electrons. The molecule has 1 N–H and O–H groups in total. The van der Waals surface area contributed by atoms with Crippen molar-refractivity contribution in [1.29, 1.82) is 0 Å². The van der Waals surface area contributed by atoms with E-state index >= 15 is 0 Å². The Balaban J connectivity index is 0.00000161. The van der Waals surface area contributed by atoms with E-state index in [1.807, 2.05) is 0 Å². The van der Waals surface area contributed by atoms with Crippen molar-refractivity contribution in [3.8, 4) is 0 Å². The van der Waals surface area contributed by atoms with Crippen molar-refractivity contribution >= 4 is 18.3 Å². The summed E-state index contributed by atoms with van der Waals surface area (Å²) < 4.78 is 13.7. The molecule has 3 nitrogen and oxygen atoms in total.